The second-order valence-electron chi connectivity index (χ2n) is 4.49. The zero-order chi connectivity index (χ0) is 9.10. The lowest BCUT2D eigenvalue weighted by atomic mass is 9.84. The van der Waals surface area contributed by atoms with Gasteiger partial charge in [0.05, 0.1) is 0 Å². The molecule has 2 aliphatic rings. The summed E-state index contributed by atoms with van der Waals surface area (Å²) in [7, 11) is 0. The molecular weight excluding hydrogens is 164 g/mol. The van der Waals surface area contributed by atoms with E-state index in [2.05, 4.69) is 0 Å². The van der Waals surface area contributed by atoms with Crippen molar-refractivity contribution in [1.29, 1.82) is 0 Å². The second kappa shape index (κ2) is 4.43. The summed E-state index contributed by atoms with van der Waals surface area (Å²) in [6, 6.07) is 0. The molecule has 1 N–H and O–H groups in total. The van der Waals surface area contributed by atoms with Crippen LogP contribution in [0.2, 0.25) is 0 Å². The fourth-order valence-electron chi connectivity index (χ4n) is 2.60. The zero-order valence-electron chi connectivity index (χ0n) is 8.24. The van der Waals surface area contributed by atoms with Gasteiger partial charge in [0.25, 0.3) is 0 Å². The van der Waals surface area contributed by atoms with E-state index in [1.54, 1.807) is 0 Å². The standard InChI is InChI=1S/C11H20O2/c12-6-1-2-11(9-3-4-9)10-5-7-13-8-10/h9-12H,1-8H2. The molecule has 0 radical (unpaired) electrons. The minimum absolute atomic E-state index is 0.358. The van der Waals surface area contributed by atoms with E-state index in [4.69, 9.17) is 9.84 Å². The summed E-state index contributed by atoms with van der Waals surface area (Å²) in [6.07, 6.45) is 6.30. The van der Waals surface area contributed by atoms with Gasteiger partial charge in [0.1, 0.15) is 0 Å². The van der Waals surface area contributed by atoms with Crippen molar-refractivity contribution in [3.63, 3.8) is 0 Å². The van der Waals surface area contributed by atoms with Crippen LogP contribution in [0.15, 0.2) is 0 Å². The van der Waals surface area contributed by atoms with Gasteiger partial charge in [-0.1, -0.05) is 0 Å². The van der Waals surface area contributed by atoms with Gasteiger partial charge in [-0.25, -0.2) is 0 Å². The Hall–Kier alpha value is -0.0800. The van der Waals surface area contributed by atoms with Crippen LogP contribution < -0.4 is 0 Å². The molecule has 0 aromatic heterocycles. The number of aliphatic hydroxyl groups is 1. The average Bonchev–Trinajstić information content (AvgIpc) is 2.82. The first-order chi connectivity index (χ1) is 6.42. The van der Waals surface area contributed by atoms with Crippen molar-refractivity contribution in [2.24, 2.45) is 17.8 Å². The molecule has 2 heteroatoms. The van der Waals surface area contributed by atoms with Gasteiger partial charge < -0.3 is 9.84 Å². The summed E-state index contributed by atoms with van der Waals surface area (Å²) in [4.78, 5) is 0. The molecule has 0 spiro atoms. The molecule has 1 heterocycles. The average molecular weight is 184 g/mol. The van der Waals surface area contributed by atoms with E-state index in [1.165, 1.54) is 25.7 Å². The van der Waals surface area contributed by atoms with E-state index in [1.807, 2.05) is 0 Å². The van der Waals surface area contributed by atoms with Crippen LogP contribution in [0.4, 0.5) is 0 Å². The number of aliphatic hydroxyl groups excluding tert-OH is 1. The fraction of sp³-hybridized carbons (Fsp3) is 1.00. The van der Waals surface area contributed by atoms with E-state index in [-0.39, 0.29) is 0 Å². The molecule has 1 aliphatic heterocycles. The summed E-state index contributed by atoms with van der Waals surface area (Å²) in [5.74, 6) is 2.63. The number of hydrogen-bond acceptors (Lipinski definition) is 2. The van der Waals surface area contributed by atoms with Crippen molar-refractivity contribution >= 4 is 0 Å². The lowest BCUT2D eigenvalue weighted by Crippen LogP contribution is -2.17. The normalized spacial score (nSPS) is 30.7. The molecule has 1 aliphatic carbocycles. The largest absolute Gasteiger partial charge is 0.396 e. The van der Waals surface area contributed by atoms with Crippen molar-refractivity contribution in [1.82, 2.24) is 0 Å². The van der Waals surface area contributed by atoms with Gasteiger partial charge >= 0.3 is 0 Å². The van der Waals surface area contributed by atoms with Gasteiger partial charge in [-0.15, -0.1) is 0 Å². The Morgan fingerprint density at radius 2 is 2.08 bits per heavy atom. The molecule has 13 heavy (non-hydrogen) atoms. The fourth-order valence-corrected chi connectivity index (χ4v) is 2.60. The summed E-state index contributed by atoms with van der Waals surface area (Å²) >= 11 is 0. The Labute approximate surface area is 80.3 Å². The zero-order valence-corrected chi connectivity index (χ0v) is 8.24. The topological polar surface area (TPSA) is 29.5 Å². The van der Waals surface area contributed by atoms with E-state index >= 15 is 0 Å². The monoisotopic (exact) mass is 184 g/mol. The predicted octanol–water partition coefficient (Wildman–Crippen LogP) is 1.82. The summed E-state index contributed by atoms with van der Waals surface area (Å²) < 4.78 is 5.43. The Balaban J connectivity index is 1.80. The molecule has 0 amide bonds. The molecule has 2 unspecified atom stereocenters. The van der Waals surface area contributed by atoms with E-state index in [0.29, 0.717) is 6.61 Å². The number of ether oxygens (including phenoxy) is 1. The van der Waals surface area contributed by atoms with Crippen LogP contribution in [-0.2, 0) is 4.74 Å². The Kier molecular flexibility index (Phi) is 3.23. The molecule has 2 atom stereocenters. The molecule has 1 saturated carbocycles. The van der Waals surface area contributed by atoms with Crippen molar-refractivity contribution in [3.8, 4) is 0 Å². The van der Waals surface area contributed by atoms with Crippen LogP contribution >= 0.6 is 0 Å². The first kappa shape index (κ1) is 9.47. The summed E-state index contributed by atoms with van der Waals surface area (Å²) in [6.45, 7) is 2.30. The van der Waals surface area contributed by atoms with Crippen LogP contribution in [0, 0.1) is 17.8 Å². The molecule has 0 bridgehead atoms. The molecule has 2 fully saturated rings. The molecular formula is C11H20O2. The van der Waals surface area contributed by atoms with Gasteiger partial charge in [-0.2, -0.15) is 0 Å². The van der Waals surface area contributed by atoms with Crippen molar-refractivity contribution in [2.45, 2.75) is 32.1 Å². The molecule has 1 saturated heterocycles. The number of rotatable bonds is 5. The molecule has 2 nitrogen and oxygen atoms in total. The van der Waals surface area contributed by atoms with Gasteiger partial charge in [0.15, 0.2) is 0 Å². The third kappa shape index (κ3) is 2.44. The van der Waals surface area contributed by atoms with Crippen LogP contribution in [0.25, 0.3) is 0 Å². The lowest BCUT2D eigenvalue weighted by molar-refractivity contribution is 0.159. The second-order valence-corrected chi connectivity index (χ2v) is 4.49. The molecule has 0 aromatic carbocycles. The molecule has 2 rings (SSSR count). The summed E-state index contributed by atoms with van der Waals surface area (Å²) in [5.41, 5.74) is 0. The third-order valence-corrected chi connectivity index (χ3v) is 3.49. The molecule has 0 aromatic rings. The van der Waals surface area contributed by atoms with Gasteiger partial charge in [-0.05, 0) is 49.9 Å². The molecule has 76 valence electrons. The Bertz CT molecular complexity index is 148. The minimum atomic E-state index is 0.358. The predicted molar refractivity (Wildman–Crippen MR) is 51.5 cm³/mol. The van der Waals surface area contributed by atoms with E-state index in [0.717, 1.165) is 37.4 Å². The number of hydrogen-bond donors (Lipinski definition) is 1. The first-order valence-electron chi connectivity index (χ1n) is 5.60. The lowest BCUT2D eigenvalue weighted by Gasteiger charge is -2.21. The van der Waals surface area contributed by atoms with Crippen molar-refractivity contribution in [2.75, 3.05) is 19.8 Å². The van der Waals surface area contributed by atoms with Gasteiger partial charge in [0, 0.05) is 19.8 Å². The maximum Gasteiger partial charge on any atom is 0.0497 e. The van der Waals surface area contributed by atoms with E-state index < -0.39 is 0 Å². The van der Waals surface area contributed by atoms with Crippen LogP contribution in [0.5, 0.6) is 0 Å². The van der Waals surface area contributed by atoms with Crippen LogP contribution in [0.1, 0.15) is 32.1 Å². The highest BCUT2D eigenvalue weighted by Crippen LogP contribution is 2.44. The van der Waals surface area contributed by atoms with Crippen LogP contribution in [0.3, 0.4) is 0 Å². The highest BCUT2D eigenvalue weighted by atomic mass is 16.5. The maximum absolute atomic E-state index is 8.83. The first-order valence-corrected chi connectivity index (χ1v) is 5.60. The highest BCUT2D eigenvalue weighted by molar-refractivity contribution is 4.86. The van der Waals surface area contributed by atoms with E-state index in [9.17, 15) is 0 Å². The SMILES string of the molecule is OCCCC(C1CC1)C1CCOC1. The van der Waals surface area contributed by atoms with Crippen LogP contribution in [-0.4, -0.2) is 24.9 Å². The van der Waals surface area contributed by atoms with Gasteiger partial charge in [0.2, 0.25) is 0 Å². The van der Waals surface area contributed by atoms with Crippen molar-refractivity contribution in [3.05, 3.63) is 0 Å². The Morgan fingerprint density at radius 3 is 2.62 bits per heavy atom. The maximum atomic E-state index is 8.83. The Morgan fingerprint density at radius 1 is 1.23 bits per heavy atom. The smallest absolute Gasteiger partial charge is 0.0497 e. The minimum Gasteiger partial charge on any atom is -0.396 e. The highest BCUT2D eigenvalue weighted by Gasteiger charge is 2.37. The van der Waals surface area contributed by atoms with Gasteiger partial charge in [-0.3, -0.25) is 0 Å². The third-order valence-electron chi connectivity index (χ3n) is 3.49. The van der Waals surface area contributed by atoms with Crippen molar-refractivity contribution < 1.29 is 9.84 Å². The quantitative estimate of drug-likeness (QED) is 0.706. The summed E-state index contributed by atoms with van der Waals surface area (Å²) in [5, 5.41) is 8.83.